The third kappa shape index (κ3) is 8.55. The Balaban J connectivity index is 0.000000452. The third-order valence-electron chi connectivity index (χ3n) is 7.11. The molecule has 6 aromatic rings. The van der Waals surface area contributed by atoms with Gasteiger partial charge in [-0.1, -0.05) is 42.5 Å². The molecule has 2 heterocycles. The summed E-state index contributed by atoms with van der Waals surface area (Å²) in [7, 11) is 0. The Morgan fingerprint density at radius 2 is 1.61 bits per heavy atom. The summed E-state index contributed by atoms with van der Waals surface area (Å²) in [5.41, 5.74) is 7.85. The summed E-state index contributed by atoms with van der Waals surface area (Å²) in [5, 5.41) is 18.1. The number of nitrogens with two attached hydrogens (primary N) is 1. The van der Waals surface area contributed by atoms with Crippen LogP contribution < -0.4 is 21.7 Å². The zero-order valence-electron chi connectivity index (χ0n) is 26.1. The molecule has 0 saturated carbocycles. The number of hydrogen-bond donors (Lipinski definition) is 5. The van der Waals surface area contributed by atoms with E-state index in [9.17, 15) is 22.8 Å². The molecule has 0 spiro atoms. The van der Waals surface area contributed by atoms with E-state index in [0.29, 0.717) is 46.6 Å². The minimum Gasteiger partial charge on any atom is -0.395 e. The second-order valence-electron chi connectivity index (χ2n) is 10.6. The SMILES string of the molecule is Cc1ccc(NC(=O)c2cccc(C(F)(F)F)c2)cc1Nc1nc2ccccc2n1-c1cc(NCCO)ncn1.NC(=O)c1ccccc1. The summed E-state index contributed by atoms with van der Waals surface area (Å²) in [5.74, 6) is 0.446. The first-order valence-electron chi connectivity index (χ1n) is 14.9. The minimum atomic E-state index is -4.55. The van der Waals surface area contributed by atoms with Gasteiger partial charge in [0.15, 0.2) is 0 Å². The van der Waals surface area contributed by atoms with Gasteiger partial charge in [0.25, 0.3) is 5.91 Å². The number of alkyl halides is 3. The molecule has 0 fully saturated rings. The Hall–Kier alpha value is -6.28. The van der Waals surface area contributed by atoms with Crippen LogP contribution >= 0.6 is 0 Å². The van der Waals surface area contributed by atoms with Gasteiger partial charge in [-0.05, 0) is 67.1 Å². The van der Waals surface area contributed by atoms with Gasteiger partial charge < -0.3 is 26.8 Å². The lowest BCUT2D eigenvalue weighted by atomic mass is 10.1. The minimum absolute atomic E-state index is 0.0555. The molecule has 0 aliphatic rings. The normalized spacial score (nSPS) is 11.0. The summed E-state index contributed by atoms with van der Waals surface area (Å²) >= 11 is 0. The molecule has 11 nitrogen and oxygen atoms in total. The van der Waals surface area contributed by atoms with Gasteiger partial charge in [0.2, 0.25) is 11.9 Å². The molecule has 0 bridgehead atoms. The van der Waals surface area contributed by atoms with Crippen molar-refractivity contribution in [3.63, 3.8) is 0 Å². The molecule has 0 aliphatic heterocycles. The number of nitrogens with one attached hydrogen (secondary N) is 3. The van der Waals surface area contributed by atoms with Crippen molar-refractivity contribution < 1.29 is 27.9 Å². The maximum Gasteiger partial charge on any atom is 0.416 e. The van der Waals surface area contributed by atoms with Crippen molar-refractivity contribution in [1.29, 1.82) is 0 Å². The van der Waals surface area contributed by atoms with Crippen molar-refractivity contribution in [1.82, 2.24) is 19.5 Å². The lowest BCUT2D eigenvalue weighted by Crippen LogP contribution is -2.14. The van der Waals surface area contributed by atoms with Crippen LogP contribution in [0.4, 0.5) is 36.3 Å². The predicted octanol–water partition coefficient (Wildman–Crippen LogP) is 6.33. The molecular formula is C35H31F3N8O3. The molecule has 14 heteroatoms. The Labute approximate surface area is 278 Å². The first kappa shape index (κ1) is 34.1. The van der Waals surface area contributed by atoms with Crippen LogP contribution in [0.1, 0.15) is 31.8 Å². The van der Waals surface area contributed by atoms with E-state index in [0.717, 1.165) is 23.2 Å². The molecule has 6 N–H and O–H groups in total. The quantitative estimate of drug-likeness (QED) is 0.120. The number of rotatable bonds is 9. The van der Waals surface area contributed by atoms with Gasteiger partial charge in [-0.15, -0.1) is 0 Å². The molecule has 2 aromatic heterocycles. The van der Waals surface area contributed by atoms with Crippen LogP contribution in [0, 0.1) is 6.92 Å². The third-order valence-corrected chi connectivity index (χ3v) is 7.11. The fourth-order valence-corrected chi connectivity index (χ4v) is 4.69. The molecule has 6 rings (SSSR count). The number of primary amides is 1. The largest absolute Gasteiger partial charge is 0.416 e. The van der Waals surface area contributed by atoms with Crippen molar-refractivity contribution in [2.45, 2.75) is 13.1 Å². The highest BCUT2D eigenvalue weighted by Gasteiger charge is 2.31. The number of benzene rings is 4. The van der Waals surface area contributed by atoms with Gasteiger partial charge in [-0.2, -0.15) is 13.2 Å². The molecule has 0 saturated heterocycles. The van der Waals surface area contributed by atoms with E-state index in [1.54, 1.807) is 48.5 Å². The van der Waals surface area contributed by atoms with Crippen molar-refractivity contribution in [3.05, 3.63) is 132 Å². The van der Waals surface area contributed by atoms with Crippen LogP contribution in [0.2, 0.25) is 0 Å². The van der Waals surface area contributed by atoms with Crippen LogP contribution in [-0.4, -0.2) is 49.6 Å². The molecule has 0 unspecified atom stereocenters. The van der Waals surface area contributed by atoms with Crippen molar-refractivity contribution in [3.8, 4) is 5.82 Å². The van der Waals surface area contributed by atoms with Gasteiger partial charge in [0.05, 0.1) is 23.2 Å². The number of carbonyl (C=O) groups excluding carboxylic acids is 2. The molecule has 250 valence electrons. The smallest absolute Gasteiger partial charge is 0.395 e. The number of amides is 2. The predicted molar refractivity (Wildman–Crippen MR) is 181 cm³/mol. The molecule has 49 heavy (non-hydrogen) atoms. The van der Waals surface area contributed by atoms with Gasteiger partial charge in [0, 0.05) is 35.1 Å². The first-order valence-corrected chi connectivity index (χ1v) is 14.9. The van der Waals surface area contributed by atoms with Gasteiger partial charge >= 0.3 is 6.18 Å². The number of imidazole rings is 1. The van der Waals surface area contributed by atoms with Crippen molar-refractivity contribution >= 4 is 46.0 Å². The highest BCUT2D eigenvalue weighted by molar-refractivity contribution is 6.04. The van der Waals surface area contributed by atoms with Crippen LogP contribution in [0.25, 0.3) is 16.9 Å². The lowest BCUT2D eigenvalue weighted by molar-refractivity contribution is -0.137. The maximum atomic E-state index is 13.1. The standard InChI is InChI=1S/C28H24F3N7O2.C7H7NO/c1-17-9-10-20(35-26(40)18-5-4-6-19(13-18)28(29,30)31)14-22(17)37-27-36-21-7-2-3-8-23(21)38(27)25-15-24(32-11-12-39)33-16-34-25;8-7(9)6-4-2-1-3-5-6/h2-10,13-16,39H,11-12H2,1H3,(H,35,40)(H,36,37)(H,32,33,34);1-5H,(H2,8,9). The van der Waals surface area contributed by atoms with E-state index in [4.69, 9.17) is 15.8 Å². The Kier molecular flexibility index (Phi) is 10.5. The van der Waals surface area contributed by atoms with E-state index >= 15 is 0 Å². The van der Waals surface area contributed by atoms with Crippen molar-refractivity contribution in [2.24, 2.45) is 5.73 Å². The monoisotopic (exact) mass is 668 g/mol. The molecule has 0 atom stereocenters. The Morgan fingerprint density at radius 1 is 0.878 bits per heavy atom. The molecule has 0 aliphatic carbocycles. The van der Waals surface area contributed by atoms with E-state index in [1.165, 1.54) is 18.5 Å². The Bertz CT molecular complexity index is 2080. The van der Waals surface area contributed by atoms with Crippen LogP contribution in [0.15, 0.2) is 109 Å². The fourth-order valence-electron chi connectivity index (χ4n) is 4.69. The van der Waals surface area contributed by atoms with E-state index in [-0.39, 0.29) is 18.1 Å². The summed E-state index contributed by atoms with van der Waals surface area (Å²) in [6, 6.07) is 27.4. The lowest BCUT2D eigenvalue weighted by Gasteiger charge is -2.14. The number of halogens is 3. The maximum absolute atomic E-state index is 13.1. The summed E-state index contributed by atoms with van der Waals surface area (Å²) < 4.78 is 41.1. The van der Waals surface area contributed by atoms with Gasteiger partial charge in [-0.25, -0.2) is 15.0 Å². The number of nitrogens with zero attached hydrogens (tertiary/aromatic N) is 4. The van der Waals surface area contributed by atoms with Crippen LogP contribution in [-0.2, 0) is 6.18 Å². The number of aryl methyl sites for hydroxylation is 1. The number of carbonyl (C=O) groups is 2. The number of para-hydroxylation sites is 2. The zero-order valence-corrected chi connectivity index (χ0v) is 26.1. The van der Waals surface area contributed by atoms with E-state index in [2.05, 4.69) is 25.9 Å². The second-order valence-corrected chi connectivity index (χ2v) is 10.6. The number of aliphatic hydroxyl groups excluding tert-OH is 1. The van der Waals surface area contributed by atoms with Gasteiger partial charge in [-0.3, -0.25) is 14.2 Å². The van der Waals surface area contributed by atoms with E-state index < -0.39 is 17.6 Å². The topological polar surface area (TPSA) is 160 Å². The molecule has 2 amide bonds. The first-order chi connectivity index (χ1) is 23.5. The summed E-state index contributed by atoms with van der Waals surface area (Å²) in [4.78, 5) is 36.5. The number of anilines is 4. The molecule has 0 radical (unpaired) electrons. The average molecular weight is 669 g/mol. The molecule has 4 aromatic carbocycles. The van der Waals surface area contributed by atoms with Crippen LogP contribution in [0.3, 0.4) is 0 Å². The molecular weight excluding hydrogens is 637 g/mol. The summed E-state index contributed by atoms with van der Waals surface area (Å²) in [6.07, 6.45) is -3.15. The second kappa shape index (κ2) is 15.1. The van der Waals surface area contributed by atoms with E-state index in [1.807, 2.05) is 41.8 Å². The number of aromatic nitrogens is 4. The summed E-state index contributed by atoms with van der Waals surface area (Å²) in [6.45, 7) is 2.14. The average Bonchev–Trinajstić information content (AvgIpc) is 3.47. The fraction of sp³-hybridized carbons (Fsp3) is 0.114. The number of aliphatic hydroxyl groups is 1. The zero-order chi connectivity index (χ0) is 35.0. The highest BCUT2D eigenvalue weighted by Crippen LogP contribution is 2.31. The highest BCUT2D eigenvalue weighted by atomic mass is 19.4. The number of fused-ring (bicyclic) bond motifs is 1. The Morgan fingerprint density at radius 3 is 2.33 bits per heavy atom. The van der Waals surface area contributed by atoms with Crippen LogP contribution in [0.5, 0.6) is 0 Å². The van der Waals surface area contributed by atoms with Crippen molar-refractivity contribution in [2.75, 3.05) is 29.1 Å². The van der Waals surface area contributed by atoms with Gasteiger partial charge in [0.1, 0.15) is 18.0 Å². The number of hydrogen-bond acceptors (Lipinski definition) is 8.